The van der Waals surface area contributed by atoms with E-state index >= 15 is 0 Å². The zero-order chi connectivity index (χ0) is 13.0. The fraction of sp³-hybridized carbons (Fsp3) is 0.600. The van der Waals surface area contributed by atoms with E-state index in [1.807, 2.05) is 0 Å². The highest BCUT2D eigenvalue weighted by atomic mass is 35.5. The Morgan fingerprint density at radius 2 is 1.72 bits per heavy atom. The number of halogens is 3. The molecule has 1 atom stereocenters. The molecule has 18 heavy (non-hydrogen) atoms. The molecule has 1 saturated carbocycles. The summed E-state index contributed by atoms with van der Waals surface area (Å²) < 4.78 is 27.0. The highest BCUT2D eigenvalue weighted by molar-refractivity contribution is 6.20. The summed E-state index contributed by atoms with van der Waals surface area (Å²) in [5.74, 6) is -0.329. The van der Waals surface area contributed by atoms with E-state index in [4.69, 9.17) is 11.6 Å². The van der Waals surface area contributed by atoms with Gasteiger partial charge in [-0.3, -0.25) is 0 Å². The maximum Gasteiger partial charge on any atom is 0.129 e. The first kappa shape index (κ1) is 13.8. The standard InChI is InChI=1S/C15H19ClF2/c16-12(9-11-5-2-1-3-6-11)10-13-14(17)7-4-8-15(13)18/h4,7-8,11-12H,1-3,5-6,9-10H2. The number of hydrogen-bond acceptors (Lipinski definition) is 0. The summed E-state index contributed by atoms with van der Waals surface area (Å²) in [6.07, 6.45) is 7.42. The lowest BCUT2D eigenvalue weighted by Crippen LogP contribution is -2.15. The second kappa shape index (κ2) is 6.51. The first-order valence-electron chi connectivity index (χ1n) is 6.73. The van der Waals surface area contributed by atoms with E-state index < -0.39 is 11.6 Å². The normalized spacial score (nSPS) is 18.8. The van der Waals surface area contributed by atoms with Crippen LogP contribution < -0.4 is 0 Å². The monoisotopic (exact) mass is 272 g/mol. The summed E-state index contributed by atoms with van der Waals surface area (Å²) in [6, 6.07) is 3.98. The van der Waals surface area contributed by atoms with Crippen molar-refractivity contribution in [2.75, 3.05) is 0 Å². The van der Waals surface area contributed by atoms with Gasteiger partial charge in [0, 0.05) is 10.9 Å². The summed E-state index contributed by atoms with van der Waals surface area (Å²) in [7, 11) is 0. The molecule has 1 aromatic carbocycles. The Bertz CT molecular complexity index is 366. The van der Waals surface area contributed by atoms with Gasteiger partial charge in [0.1, 0.15) is 11.6 Å². The molecule has 3 heteroatoms. The van der Waals surface area contributed by atoms with E-state index in [0.717, 1.165) is 6.42 Å². The zero-order valence-corrected chi connectivity index (χ0v) is 11.2. The molecule has 2 rings (SSSR count). The molecule has 1 aliphatic rings. The van der Waals surface area contributed by atoms with Gasteiger partial charge in [-0.25, -0.2) is 8.78 Å². The minimum absolute atomic E-state index is 0.133. The Morgan fingerprint density at radius 3 is 2.33 bits per heavy atom. The summed E-state index contributed by atoms with van der Waals surface area (Å²) in [4.78, 5) is 0. The van der Waals surface area contributed by atoms with Crippen LogP contribution in [0.1, 0.15) is 44.1 Å². The number of alkyl halides is 1. The number of hydrogen-bond donors (Lipinski definition) is 0. The second-order valence-corrected chi connectivity index (χ2v) is 5.86. The summed E-state index contributed by atoms with van der Waals surface area (Å²) in [5.41, 5.74) is 0.133. The van der Waals surface area contributed by atoms with Gasteiger partial charge < -0.3 is 0 Å². The van der Waals surface area contributed by atoms with Crippen LogP contribution in [-0.2, 0) is 6.42 Å². The Balaban J connectivity index is 1.92. The molecule has 0 aromatic heterocycles. The summed E-state index contributed by atoms with van der Waals surface area (Å²) >= 11 is 6.26. The van der Waals surface area contributed by atoms with Gasteiger partial charge in [-0.05, 0) is 30.9 Å². The lowest BCUT2D eigenvalue weighted by molar-refractivity contribution is 0.333. The van der Waals surface area contributed by atoms with Crippen molar-refractivity contribution in [3.63, 3.8) is 0 Å². The van der Waals surface area contributed by atoms with Crippen LogP contribution in [0.15, 0.2) is 18.2 Å². The van der Waals surface area contributed by atoms with Gasteiger partial charge >= 0.3 is 0 Å². The first-order chi connectivity index (χ1) is 8.66. The minimum Gasteiger partial charge on any atom is -0.207 e. The Morgan fingerprint density at radius 1 is 1.11 bits per heavy atom. The molecule has 0 heterocycles. The SMILES string of the molecule is Fc1cccc(F)c1CC(Cl)CC1CCCCC1. The quantitative estimate of drug-likeness (QED) is 0.670. The average molecular weight is 273 g/mol. The van der Waals surface area contributed by atoms with Gasteiger partial charge in [-0.2, -0.15) is 0 Å². The van der Waals surface area contributed by atoms with Crippen molar-refractivity contribution < 1.29 is 8.78 Å². The molecule has 1 aliphatic carbocycles. The third kappa shape index (κ3) is 3.68. The van der Waals surface area contributed by atoms with E-state index in [0.29, 0.717) is 5.92 Å². The highest BCUT2D eigenvalue weighted by Gasteiger charge is 2.20. The molecule has 0 N–H and O–H groups in total. The summed E-state index contributed by atoms with van der Waals surface area (Å²) in [5, 5.41) is -0.167. The maximum atomic E-state index is 13.5. The van der Waals surface area contributed by atoms with E-state index in [-0.39, 0.29) is 17.4 Å². The lowest BCUT2D eigenvalue weighted by Gasteiger charge is -2.23. The zero-order valence-electron chi connectivity index (χ0n) is 10.5. The molecule has 0 aliphatic heterocycles. The fourth-order valence-electron chi connectivity index (χ4n) is 2.82. The van der Waals surface area contributed by atoms with Crippen LogP contribution in [0.4, 0.5) is 8.78 Å². The lowest BCUT2D eigenvalue weighted by atomic mass is 9.85. The number of rotatable bonds is 4. The van der Waals surface area contributed by atoms with Crippen LogP contribution >= 0.6 is 11.6 Å². The minimum atomic E-state index is -0.482. The maximum absolute atomic E-state index is 13.5. The van der Waals surface area contributed by atoms with Gasteiger partial charge in [0.15, 0.2) is 0 Å². The number of benzene rings is 1. The average Bonchev–Trinajstić information content (AvgIpc) is 2.35. The third-order valence-corrected chi connectivity index (χ3v) is 4.13. The van der Waals surface area contributed by atoms with E-state index in [1.165, 1.54) is 50.3 Å². The van der Waals surface area contributed by atoms with Crippen LogP contribution in [0, 0.1) is 17.6 Å². The Hall–Kier alpha value is -0.630. The highest BCUT2D eigenvalue weighted by Crippen LogP contribution is 2.30. The Labute approximate surface area is 112 Å². The van der Waals surface area contributed by atoms with Crippen LogP contribution in [0.5, 0.6) is 0 Å². The van der Waals surface area contributed by atoms with E-state index in [9.17, 15) is 8.78 Å². The predicted octanol–water partition coefficient (Wildman–Crippen LogP) is 5.09. The molecular weight excluding hydrogens is 254 g/mol. The van der Waals surface area contributed by atoms with Crippen LogP contribution in [-0.4, -0.2) is 5.38 Å². The van der Waals surface area contributed by atoms with Crippen LogP contribution in [0.2, 0.25) is 0 Å². The molecule has 0 radical (unpaired) electrons. The van der Waals surface area contributed by atoms with Crippen LogP contribution in [0.3, 0.4) is 0 Å². The molecule has 0 nitrogen and oxygen atoms in total. The van der Waals surface area contributed by atoms with Gasteiger partial charge in [0.05, 0.1) is 0 Å². The molecule has 0 amide bonds. The fourth-order valence-corrected chi connectivity index (χ4v) is 3.22. The molecule has 0 bridgehead atoms. The van der Waals surface area contributed by atoms with E-state index in [1.54, 1.807) is 0 Å². The van der Waals surface area contributed by atoms with Crippen molar-refractivity contribution in [3.8, 4) is 0 Å². The summed E-state index contributed by atoms with van der Waals surface area (Å²) in [6.45, 7) is 0. The van der Waals surface area contributed by atoms with Crippen molar-refractivity contribution >= 4 is 11.6 Å². The first-order valence-corrected chi connectivity index (χ1v) is 7.17. The van der Waals surface area contributed by atoms with E-state index in [2.05, 4.69) is 0 Å². The molecule has 1 unspecified atom stereocenters. The van der Waals surface area contributed by atoms with Crippen molar-refractivity contribution in [2.24, 2.45) is 5.92 Å². The largest absolute Gasteiger partial charge is 0.207 e. The van der Waals surface area contributed by atoms with Crippen molar-refractivity contribution in [3.05, 3.63) is 35.4 Å². The third-order valence-electron chi connectivity index (χ3n) is 3.80. The molecule has 0 spiro atoms. The topological polar surface area (TPSA) is 0 Å². The molecule has 1 aromatic rings. The Kier molecular flexibility index (Phi) is 4.99. The van der Waals surface area contributed by atoms with Crippen molar-refractivity contribution in [1.82, 2.24) is 0 Å². The van der Waals surface area contributed by atoms with Gasteiger partial charge in [-0.15, -0.1) is 11.6 Å². The molecule has 1 fully saturated rings. The molecule has 100 valence electrons. The molecule has 0 saturated heterocycles. The van der Waals surface area contributed by atoms with Crippen molar-refractivity contribution in [2.45, 2.75) is 50.3 Å². The smallest absolute Gasteiger partial charge is 0.129 e. The van der Waals surface area contributed by atoms with Gasteiger partial charge in [-0.1, -0.05) is 38.2 Å². The van der Waals surface area contributed by atoms with Gasteiger partial charge in [0.2, 0.25) is 0 Å². The van der Waals surface area contributed by atoms with Crippen molar-refractivity contribution in [1.29, 1.82) is 0 Å². The molecular formula is C15H19ClF2. The van der Waals surface area contributed by atoms with Gasteiger partial charge in [0.25, 0.3) is 0 Å². The van der Waals surface area contributed by atoms with Crippen LogP contribution in [0.25, 0.3) is 0 Å². The predicted molar refractivity (Wildman–Crippen MR) is 70.9 cm³/mol. The second-order valence-electron chi connectivity index (χ2n) is 5.24.